The summed E-state index contributed by atoms with van der Waals surface area (Å²) in [5.74, 6) is -0.0931. The van der Waals surface area contributed by atoms with E-state index in [1.807, 2.05) is 37.4 Å². The van der Waals surface area contributed by atoms with E-state index >= 15 is 0 Å². The minimum atomic E-state index is -0.0931. The maximum absolute atomic E-state index is 12.2. The molecule has 0 aliphatic rings. The van der Waals surface area contributed by atoms with Crippen LogP contribution in [0.4, 0.5) is 10.8 Å². The number of carbonyl (C=O) groups is 1. The summed E-state index contributed by atoms with van der Waals surface area (Å²) in [4.78, 5) is 18.3. The van der Waals surface area contributed by atoms with Crippen LogP contribution in [0.5, 0.6) is 0 Å². The number of hydrazone groups is 1. The van der Waals surface area contributed by atoms with Crippen molar-refractivity contribution in [3.63, 3.8) is 0 Å². The molecule has 8 heteroatoms. The molecule has 136 valence electrons. The van der Waals surface area contributed by atoms with Crippen LogP contribution in [-0.2, 0) is 4.79 Å². The van der Waals surface area contributed by atoms with Crippen molar-refractivity contribution >= 4 is 51.6 Å². The third-order valence-electron chi connectivity index (χ3n) is 3.60. The van der Waals surface area contributed by atoms with Crippen molar-refractivity contribution < 1.29 is 4.79 Å². The summed E-state index contributed by atoms with van der Waals surface area (Å²) in [7, 11) is 0. The number of thiazole rings is 1. The lowest BCUT2D eigenvalue weighted by atomic mass is 10.1. The van der Waals surface area contributed by atoms with Gasteiger partial charge in [-0.05, 0) is 43.3 Å². The first kappa shape index (κ1) is 19.7. The molecule has 1 aromatic carbocycles. The fourth-order valence-corrected chi connectivity index (χ4v) is 3.15. The van der Waals surface area contributed by atoms with Crippen LogP contribution < -0.4 is 15.6 Å². The maximum atomic E-state index is 12.2. The Hall–Kier alpha value is -2.58. The van der Waals surface area contributed by atoms with Crippen LogP contribution in [0.1, 0.15) is 23.7 Å². The Bertz CT molecular complexity index is 844. The SMILES string of the molecule is C=CCNC(=S)N/N=C\c1csc(N(C(C)=O)c2cccc(C)c2C)n1. The van der Waals surface area contributed by atoms with Gasteiger partial charge >= 0.3 is 0 Å². The van der Waals surface area contributed by atoms with Gasteiger partial charge in [0.15, 0.2) is 10.2 Å². The summed E-state index contributed by atoms with van der Waals surface area (Å²) >= 11 is 6.43. The number of benzene rings is 1. The molecule has 1 heterocycles. The monoisotopic (exact) mass is 387 g/mol. The number of hydrogen-bond donors (Lipinski definition) is 2. The average Bonchev–Trinajstić information content (AvgIpc) is 3.05. The summed E-state index contributed by atoms with van der Waals surface area (Å²) in [6.45, 7) is 9.71. The predicted molar refractivity (Wildman–Crippen MR) is 112 cm³/mol. The zero-order chi connectivity index (χ0) is 19.1. The van der Waals surface area contributed by atoms with Gasteiger partial charge in [0.05, 0.1) is 17.6 Å². The first-order valence-corrected chi connectivity index (χ1v) is 9.23. The number of carbonyl (C=O) groups excluding carboxylic acids is 1. The van der Waals surface area contributed by atoms with E-state index in [2.05, 4.69) is 27.4 Å². The Balaban J connectivity index is 2.17. The molecule has 6 nitrogen and oxygen atoms in total. The zero-order valence-corrected chi connectivity index (χ0v) is 16.6. The Morgan fingerprint density at radius 1 is 1.46 bits per heavy atom. The van der Waals surface area contributed by atoms with Crippen molar-refractivity contribution in [1.82, 2.24) is 15.7 Å². The van der Waals surface area contributed by atoms with E-state index in [0.717, 1.165) is 16.8 Å². The van der Waals surface area contributed by atoms with Gasteiger partial charge in [-0.15, -0.1) is 17.9 Å². The molecule has 0 aliphatic carbocycles. The average molecular weight is 388 g/mol. The Kier molecular flexibility index (Phi) is 6.99. The third-order valence-corrected chi connectivity index (χ3v) is 4.68. The van der Waals surface area contributed by atoms with Gasteiger partial charge in [0.25, 0.3) is 0 Å². The fourth-order valence-electron chi connectivity index (χ4n) is 2.18. The van der Waals surface area contributed by atoms with Gasteiger partial charge in [-0.1, -0.05) is 18.2 Å². The molecule has 0 spiro atoms. The van der Waals surface area contributed by atoms with Crippen molar-refractivity contribution in [2.24, 2.45) is 5.10 Å². The van der Waals surface area contributed by atoms with Gasteiger partial charge in [0.1, 0.15) is 0 Å². The van der Waals surface area contributed by atoms with Crippen LogP contribution in [-0.4, -0.2) is 28.8 Å². The Morgan fingerprint density at radius 3 is 2.92 bits per heavy atom. The highest BCUT2D eigenvalue weighted by atomic mass is 32.1. The topological polar surface area (TPSA) is 69.6 Å². The lowest BCUT2D eigenvalue weighted by Crippen LogP contribution is -2.31. The zero-order valence-electron chi connectivity index (χ0n) is 14.9. The Labute approximate surface area is 162 Å². The van der Waals surface area contributed by atoms with Crippen LogP contribution in [0.25, 0.3) is 0 Å². The van der Waals surface area contributed by atoms with Crippen LogP contribution in [0.2, 0.25) is 0 Å². The quantitative estimate of drug-likeness (QED) is 0.344. The summed E-state index contributed by atoms with van der Waals surface area (Å²) in [6, 6.07) is 5.88. The number of aromatic nitrogens is 1. The number of aryl methyl sites for hydroxylation is 1. The molecule has 0 unspecified atom stereocenters. The molecule has 2 N–H and O–H groups in total. The smallest absolute Gasteiger partial charge is 0.230 e. The molecule has 0 aliphatic heterocycles. The Morgan fingerprint density at radius 2 is 2.23 bits per heavy atom. The van der Waals surface area contributed by atoms with E-state index in [0.29, 0.717) is 22.5 Å². The molecule has 0 fully saturated rings. The van der Waals surface area contributed by atoms with Gasteiger partial charge in [0.2, 0.25) is 5.91 Å². The molecule has 1 amide bonds. The van der Waals surface area contributed by atoms with Gasteiger partial charge < -0.3 is 5.32 Å². The number of rotatable bonds is 6. The molecule has 0 saturated heterocycles. The van der Waals surface area contributed by atoms with Crippen molar-refractivity contribution in [1.29, 1.82) is 0 Å². The molecular weight excluding hydrogens is 366 g/mol. The van der Waals surface area contributed by atoms with Crippen LogP contribution in [0.3, 0.4) is 0 Å². The minimum Gasteiger partial charge on any atom is -0.358 e. The largest absolute Gasteiger partial charge is 0.358 e. The van der Waals surface area contributed by atoms with E-state index in [-0.39, 0.29) is 5.91 Å². The highest BCUT2D eigenvalue weighted by Gasteiger charge is 2.19. The fraction of sp³-hybridized carbons (Fsp3) is 0.222. The van der Waals surface area contributed by atoms with Gasteiger partial charge in [0, 0.05) is 18.8 Å². The molecule has 0 bridgehead atoms. The lowest BCUT2D eigenvalue weighted by Gasteiger charge is -2.21. The molecular formula is C18H21N5OS2. The number of nitrogens with zero attached hydrogens (tertiary/aromatic N) is 3. The summed E-state index contributed by atoms with van der Waals surface area (Å²) in [5.41, 5.74) is 6.35. The molecule has 1 aromatic heterocycles. The van der Waals surface area contributed by atoms with E-state index < -0.39 is 0 Å². The van der Waals surface area contributed by atoms with E-state index in [1.54, 1.807) is 17.2 Å². The van der Waals surface area contributed by atoms with Gasteiger partial charge in [-0.25, -0.2) is 4.98 Å². The lowest BCUT2D eigenvalue weighted by molar-refractivity contribution is -0.115. The van der Waals surface area contributed by atoms with Crippen LogP contribution in [0, 0.1) is 13.8 Å². The van der Waals surface area contributed by atoms with Crippen molar-refractivity contribution in [2.45, 2.75) is 20.8 Å². The number of anilines is 2. The predicted octanol–water partition coefficient (Wildman–Crippen LogP) is 3.43. The second-order valence-electron chi connectivity index (χ2n) is 5.50. The minimum absolute atomic E-state index is 0.0931. The molecule has 0 atom stereocenters. The van der Waals surface area contributed by atoms with E-state index in [4.69, 9.17) is 12.2 Å². The van der Waals surface area contributed by atoms with Crippen LogP contribution >= 0.6 is 23.6 Å². The molecule has 2 rings (SSSR count). The first-order chi connectivity index (χ1) is 12.4. The van der Waals surface area contributed by atoms with Gasteiger partial charge in [-0.2, -0.15) is 5.10 Å². The molecule has 2 aromatic rings. The second kappa shape index (κ2) is 9.21. The maximum Gasteiger partial charge on any atom is 0.230 e. The van der Waals surface area contributed by atoms with E-state index in [1.165, 1.54) is 18.3 Å². The van der Waals surface area contributed by atoms with Gasteiger partial charge in [-0.3, -0.25) is 15.1 Å². The summed E-state index contributed by atoms with van der Waals surface area (Å²) < 4.78 is 0. The van der Waals surface area contributed by atoms with Crippen molar-refractivity contribution in [3.05, 3.63) is 53.1 Å². The highest BCUT2D eigenvalue weighted by molar-refractivity contribution is 7.80. The van der Waals surface area contributed by atoms with Crippen molar-refractivity contribution in [3.8, 4) is 0 Å². The number of hydrogen-bond acceptors (Lipinski definition) is 5. The summed E-state index contributed by atoms with van der Waals surface area (Å²) in [5, 5.41) is 9.78. The number of thiocarbonyl (C=S) groups is 1. The molecule has 0 radical (unpaired) electrons. The van der Waals surface area contributed by atoms with Crippen molar-refractivity contribution in [2.75, 3.05) is 11.4 Å². The molecule has 26 heavy (non-hydrogen) atoms. The number of amides is 1. The normalized spacial score (nSPS) is 10.6. The number of nitrogens with one attached hydrogen (secondary N) is 2. The molecule has 0 saturated carbocycles. The standard InChI is InChI=1S/C18H21N5OS2/c1-5-9-19-17(25)22-20-10-15-11-26-18(21-15)23(14(4)24)16-8-6-7-12(2)13(16)3/h5-8,10-11H,1,9H2,2-4H3,(H2,19,22,25)/b20-10-. The van der Waals surface area contributed by atoms with E-state index in [9.17, 15) is 4.79 Å². The van der Waals surface area contributed by atoms with Crippen LogP contribution in [0.15, 0.2) is 41.3 Å². The summed E-state index contributed by atoms with van der Waals surface area (Å²) in [6.07, 6.45) is 3.26. The third kappa shape index (κ3) is 4.96. The second-order valence-corrected chi connectivity index (χ2v) is 6.74. The first-order valence-electron chi connectivity index (χ1n) is 7.94. The highest BCUT2D eigenvalue weighted by Crippen LogP contribution is 2.32.